The van der Waals surface area contributed by atoms with Crippen LogP contribution in [-0.2, 0) is 4.74 Å². The summed E-state index contributed by atoms with van der Waals surface area (Å²) in [6, 6.07) is 3.69. The van der Waals surface area contributed by atoms with Crippen LogP contribution in [0.3, 0.4) is 0 Å². The minimum Gasteiger partial charge on any atom is -0.473 e. The quantitative estimate of drug-likeness (QED) is 0.836. The number of anilines is 2. The molecule has 1 fully saturated rings. The third-order valence-electron chi connectivity index (χ3n) is 2.83. The third-order valence-corrected chi connectivity index (χ3v) is 2.83. The summed E-state index contributed by atoms with van der Waals surface area (Å²) < 4.78 is 10.9. The van der Waals surface area contributed by atoms with E-state index in [0.29, 0.717) is 17.5 Å². The normalized spacial score (nSPS) is 19.2. The lowest BCUT2D eigenvalue weighted by molar-refractivity contribution is 0.187. The maximum Gasteiger partial charge on any atom is 0.239 e. The van der Waals surface area contributed by atoms with Crippen molar-refractivity contribution in [2.75, 3.05) is 30.8 Å². The van der Waals surface area contributed by atoms with Crippen LogP contribution in [0.2, 0.25) is 0 Å². The summed E-state index contributed by atoms with van der Waals surface area (Å²) in [7, 11) is 0. The van der Waals surface area contributed by atoms with Gasteiger partial charge in [-0.1, -0.05) is 0 Å². The monoisotopic (exact) mass is 251 g/mol. The Hall–Kier alpha value is -1.49. The number of pyridine rings is 1. The second-order valence-corrected chi connectivity index (χ2v) is 4.87. The molecule has 0 saturated carbocycles. The standard InChI is InChI=1S/C13H21N3O2/c1-9(2)18-13-11(14)3-4-12(16-13)15-7-10-5-6-17-8-10/h3-4,9-10H,5-8,14H2,1-2H3,(H,15,16). The zero-order chi connectivity index (χ0) is 13.0. The van der Waals surface area contributed by atoms with Crippen molar-refractivity contribution in [1.82, 2.24) is 4.98 Å². The van der Waals surface area contributed by atoms with Crippen molar-refractivity contribution in [1.29, 1.82) is 0 Å². The van der Waals surface area contributed by atoms with Crippen molar-refractivity contribution in [3.8, 4) is 5.88 Å². The third kappa shape index (κ3) is 3.50. The molecule has 100 valence electrons. The van der Waals surface area contributed by atoms with E-state index in [4.69, 9.17) is 15.2 Å². The Bertz CT molecular complexity index is 390. The molecule has 0 radical (unpaired) electrons. The molecule has 2 rings (SSSR count). The predicted octanol–water partition coefficient (Wildman–Crippen LogP) is 1.90. The number of rotatable bonds is 5. The maximum absolute atomic E-state index is 5.82. The average molecular weight is 251 g/mol. The fourth-order valence-corrected chi connectivity index (χ4v) is 1.86. The second-order valence-electron chi connectivity index (χ2n) is 4.87. The highest BCUT2D eigenvalue weighted by Gasteiger charge is 2.15. The highest BCUT2D eigenvalue weighted by Crippen LogP contribution is 2.22. The van der Waals surface area contributed by atoms with Crippen molar-refractivity contribution >= 4 is 11.5 Å². The highest BCUT2D eigenvalue weighted by molar-refractivity contribution is 5.53. The summed E-state index contributed by atoms with van der Waals surface area (Å²) in [5.74, 6) is 1.86. The molecule has 18 heavy (non-hydrogen) atoms. The fourth-order valence-electron chi connectivity index (χ4n) is 1.86. The molecule has 1 saturated heterocycles. The van der Waals surface area contributed by atoms with E-state index < -0.39 is 0 Å². The summed E-state index contributed by atoms with van der Waals surface area (Å²) in [6.07, 6.45) is 1.18. The molecule has 3 N–H and O–H groups in total. The first-order valence-electron chi connectivity index (χ1n) is 6.40. The van der Waals surface area contributed by atoms with Gasteiger partial charge in [0, 0.05) is 19.1 Å². The molecule has 0 aromatic carbocycles. The van der Waals surface area contributed by atoms with Crippen LogP contribution in [0.15, 0.2) is 12.1 Å². The lowest BCUT2D eigenvalue weighted by Gasteiger charge is -2.14. The minimum absolute atomic E-state index is 0.0679. The van der Waals surface area contributed by atoms with Gasteiger partial charge in [-0.2, -0.15) is 4.98 Å². The first kappa shape index (κ1) is 13.0. The molecule has 1 aliphatic heterocycles. The average Bonchev–Trinajstić information content (AvgIpc) is 2.82. The molecule has 1 aromatic rings. The number of hydrogen-bond donors (Lipinski definition) is 2. The van der Waals surface area contributed by atoms with Gasteiger partial charge in [0.25, 0.3) is 0 Å². The van der Waals surface area contributed by atoms with E-state index in [1.165, 1.54) is 0 Å². The topological polar surface area (TPSA) is 69.4 Å². The number of aromatic nitrogens is 1. The summed E-state index contributed by atoms with van der Waals surface area (Å²) in [5.41, 5.74) is 6.39. The number of nitrogen functional groups attached to an aromatic ring is 1. The first-order valence-corrected chi connectivity index (χ1v) is 6.40. The SMILES string of the molecule is CC(C)Oc1nc(NCC2CCOC2)ccc1N. The largest absolute Gasteiger partial charge is 0.473 e. The smallest absolute Gasteiger partial charge is 0.239 e. The van der Waals surface area contributed by atoms with Crippen LogP contribution >= 0.6 is 0 Å². The van der Waals surface area contributed by atoms with Gasteiger partial charge >= 0.3 is 0 Å². The molecule has 0 bridgehead atoms. The first-order chi connectivity index (χ1) is 8.65. The van der Waals surface area contributed by atoms with Gasteiger partial charge in [0.15, 0.2) is 0 Å². The second kappa shape index (κ2) is 5.91. The lowest BCUT2D eigenvalue weighted by atomic mass is 10.1. The van der Waals surface area contributed by atoms with Crippen molar-refractivity contribution in [2.24, 2.45) is 5.92 Å². The van der Waals surface area contributed by atoms with Crippen LogP contribution in [0.1, 0.15) is 20.3 Å². The van der Waals surface area contributed by atoms with E-state index in [0.717, 1.165) is 32.0 Å². The molecule has 1 aliphatic rings. The molecule has 0 aliphatic carbocycles. The number of nitrogens with two attached hydrogens (primary N) is 1. The molecule has 1 aromatic heterocycles. The van der Waals surface area contributed by atoms with Crippen LogP contribution in [0, 0.1) is 5.92 Å². The van der Waals surface area contributed by atoms with E-state index >= 15 is 0 Å². The van der Waals surface area contributed by atoms with Gasteiger partial charge in [0.05, 0.1) is 18.4 Å². The van der Waals surface area contributed by atoms with Gasteiger partial charge in [-0.05, 0) is 32.4 Å². The van der Waals surface area contributed by atoms with Gasteiger partial charge in [-0.15, -0.1) is 0 Å². The minimum atomic E-state index is 0.0679. The summed E-state index contributed by atoms with van der Waals surface area (Å²) in [6.45, 7) is 6.48. The summed E-state index contributed by atoms with van der Waals surface area (Å²) in [4.78, 5) is 4.37. The van der Waals surface area contributed by atoms with Gasteiger partial charge < -0.3 is 20.5 Å². The van der Waals surface area contributed by atoms with E-state index in [9.17, 15) is 0 Å². The Labute approximate surface area is 108 Å². The van der Waals surface area contributed by atoms with Crippen LogP contribution < -0.4 is 15.8 Å². The Morgan fingerprint density at radius 1 is 1.56 bits per heavy atom. The van der Waals surface area contributed by atoms with E-state index in [1.807, 2.05) is 26.0 Å². The molecule has 0 spiro atoms. The maximum atomic E-state index is 5.82. The molecular weight excluding hydrogens is 230 g/mol. The van der Waals surface area contributed by atoms with Gasteiger partial charge in [-0.25, -0.2) is 0 Å². The van der Waals surface area contributed by atoms with Crippen LogP contribution in [0.25, 0.3) is 0 Å². The molecule has 1 atom stereocenters. The Balaban J connectivity index is 1.95. The van der Waals surface area contributed by atoms with Crippen molar-refractivity contribution in [3.05, 3.63) is 12.1 Å². The predicted molar refractivity (Wildman–Crippen MR) is 71.8 cm³/mol. The zero-order valence-electron chi connectivity index (χ0n) is 11.0. The van der Waals surface area contributed by atoms with Crippen LogP contribution in [-0.4, -0.2) is 30.8 Å². The molecule has 2 heterocycles. The van der Waals surface area contributed by atoms with E-state index in [-0.39, 0.29) is 6.10 Å². The number of ether oxygens (including phenoxy) is 2. The van der Waals surface area contributed by atoms with Crippen LogP contribution in [0.4, 0.5) is 11.5 Å². The molecule has 1 unspecified atom stereocenters. The molecule has 5 heteroatoms. The molecule has 5 nitrogen and oxygen atoms in total. The van der Waals surface area contributed by atoms with Crippen LogP contribution in [0.5, 0.6) is 5.88 Å². The Morgan fingerprint density at radius 3 is 3.06 bits per heavy atom. The fraction of sp³-hybridized carbons (Fsp3) is 0.615. The number of nitrogens with one attached hydrogen (secondary N) is 1. The number of nitrogens with zero attached hydrogens (tertiary/aromatic N) is 1. The van der Waals surface area contributed by atoms with Gasteiger partial charge in [0.2, 0.25) is 5.88 Å². The van der Waals surface area contributed by atoms with Gasteiger partial charge in [-0.3, -0.25) is 0 Å². The molecular formula is C13H21N3O2. The van der Waals surface area contributed by atoms with Gasteiger partial charge in [0.1, 0.15) is 5.82 Å². The van der Waals surface area contributed by atoms with Crippen molar-refractivity contribution < 1.29 is 9.47 Å². The number of hydrogen-bond acceptors (Lipinski definition) is 5. The van der Waals surface area contributed by atoms with E-state index in [1.54, 1.807) is 0 Å². The summed E-state index contributed by atoms with van der Waals surface area (Å²) >= 11 is 0. The van der Waals surface area contributed by atoms with Crippen molar-refractivity contribution in [2.45, 2.75) is 26.4 Å². The lowest BCUT2D eigenvalue weighted by Crippen LogP contribution is -2.15. The summed E-state index contributed by atoms with van der Waals surface area (Å²) in [5, 5.41) is 3.30. The van der Waals surface area contributed by atoms with E-state index in [2.05, 4.69) is 10.3 Å². The Morgan fingerprint density at radius 2 is 2.39 bits per heavy atom. The highest BCUT2D eigenvalue weighted by atomic mass is 16.5. The zero-order valence-corrected chi connectivity index (χ0v) is 11.0. The molecule has 0 amide bonds. The Kier molecular flexibility index (Phi) is 4.25. The van der Waals surface area contributed by atoms with Crippen molar-refractivity contribution in [3.63, 3.8) is 0 Å².